The van der Waals surface area contributed by atoms with E-state index < -0.39 is 16.7 Å². The number of hydrogen-bond acceptors (Lipinski definition) is 3. The number of alkyl halides is 3. The van der Waals surface area contributed by atoms with Crippen LogP contribution in [0.2, 0.25) is 0 Å². The molecule has 2 aromatic rings. The van der Waals surface area contributed by atoms with Gasteiger partial charge in [-0.2, -0.15) is 13.2 Å². The molecule has 0 aliphatic carbocycles. The van der Waals surface area contributed by atoms with Crippen molar-refractivity contribution in [1.82, 2.24) is 0 Å². The fourth-order valence-electron chi connectivity index (χ4n) is 4.08. The molecule has 0 amide bonds. The lowest BCUT2D eigenvalue weighted by atomic mass is 10.1. The SMILES string of the molecule is O=[N+]([O-])c1ccc(C[N+]2(Cc3ccc(C(F)(F)F)cc3)CCC[C@H]2CO)cc1. The fraction of sp³-hybridized carbons (Fsp3) is 0.400. The van der Waals surface area contributed by atoms with Crippen LogP contribution < -0.4 is 0 Å². The van der Waals surface area contributed by atoms with E-state index >= 15 is 0 Å². The van der Waals surface area contributed by atoms with Crippen LogP contribution in [0.5, 0.6) is 0 Å². The van der Waals surface area contributed by atoms with E-state index in [2.05, 4.69) is 0 Å². The van der Waals surface area contributed by atoms with Crippen molar-refractivity contribution in [2.75, 3.05) is 13.2 Å². The molecule has 1 aliphatic heterocycles. The van der Waals surface area contributed by atoms with Crippen molar-refractivity contribution >= 4 is 5.69 Å². The van der Waals surface area contributed by atoms with Crippen LogP contribution in [0.25, 0.3) is 0 Å². The third kappa shape index (κ3) is 4.34. The topological polar surface area (TPSA) is 63.4 Å². The summed E-state index contributed by atoms with van der Waals surface area (Å²) in [7, 11) is 0. The first-order valence-corrected chi connectivity index (χ1v) is 9.10. The summed E-state index contributed by atoms with van der Waals surface area (Å²) in [4.78, 5) is 10.4. The van der Waals surface area contributed by atoms with Gasteiger partial charge in [0.05, 0.1) is 23.6 Å². The Bertz CT molecular complexity index is 822. The minimum atomic E-state index is -4.37. The number of benzene rings is 2. The lowest BCUT2D eigenvalue weighted by Crippen LogP contribution is -2.51. The van der Waals surface area contributed by atoms with Crippen molar-refractivity contribution in [1.29, 1.82) is 0 Å². The van der Waals surface area contributed by atoms with Gasteiger partial charge in [-0.15, -0.1) is 0 Å². The van der Waals surface area contributed by atoms with Crippen LogP contribution in [-0.2, 0) is 19.3 Å². The summed E-state index contributed by atoms with van der Waals surface area (Å²) in [5, 5.41) is 20.7. The van der Waals surface area contributed by atoms with Crippen molar-refractivity contribution < 1.29 is 27.7 Å². The molecule has 0 radical (unpaired) electrons. The molecule has 0 bridgehead atoms. The van der Waals surface area contributed by atoms with Crippen LogP contribution in [0.1, 0.15) is 29.5 Å². The Morgan fingerprint density at radius 2 is 1.57 bits per heavy atom. The van der Waals surface area contributed by atoms with Crippen molar-refractivity contribution in [2.24, 2.45) is 0 Å². The zero-order chi connectivity index (χ0) is 20.4. The predicted molar refractivity (Wildman–Crippen MR) is 97.2 cm³/mol. The standard InChI is InChI=1S/C20H22F3N2O3/c21-20(22,23)17-7-3-15(4-8-17)12-25(11-1-2-19(25)14-26)13-16-5-9-18(10-6-16)24(27)28/h3-10,19,26H,1-2,11-14H2/q+1/t19-,25?/m0/s1. The minimum Gasteiger partial charge on any atom is -0.390 e. The van der Waals surface area contributed by atoms with Crippen LogP contribution in [0, 0.1) is 10.1 Å². The number of nitrogens with zero attached hydrogens (tertiary/aromatic N) is 2. The monoisotopic (exact) mass is 395 g/mol. The number of nitro groups is 1. The van der Waals surface area contributed by atoms with E-state index in [1.165, 1.54) is 24.3 Å². The van der Waals surface area contributed by atoms with E-state index in [4.69, 9.17) is 0 Å². The van der Waals surface area contributed by atoms with Crippen molar-refractivity contribution in [2.45, 2.75) is 38.1 Å². The highest BCUT2D eigenvalue weighted by Gasteiger charge is 2.41. The quantitative estimate of drug-likeness (QED) is 0.451. The number of aliphatic hydroxyl groups is 1. The van der Waals surface area contributed by atoms with Crippen molar-refractivity contribution in [3.63, 3.8) is 0 Å². The maximum atomic E-state index is 12.8. The maximum Gasteiger partial charge on any atom is 0.416 e. The number of halogens is 3. The Morgan fingerprint density at radius 1 is 1.04 bits per heavy atom. The normalized spacial score (nSPS) is 22.4. The molecule has 0 aromatic heterocycles. The first kappa shape index (κ1) is 20.3. The van der Waals surface area contributed by atoms with E-state index in [1.54, 1.807) is 12.1 Å². The molecule has 1 fully saturated rings. The summed E-state index contributed by atoms with van der Waals surface area (Å²) in [6, 6.07) is 11.5. The Morgan fingerprint density at radius 3 is 2.04 bits per heavy atom. The molecule has 150 valence electrons. The molecule has 1 unspecified atom stereocenters. The van der Waals surface area contributed by atoms with Gasteiger partial charge in [0, 0.05) is 36.1 Å². The van der Waals surface area contributed by atoms with Gasteiger partial charge in [0.2, 0.25) is 0 Å². The lowest BCUT2D eigenvalue weighted by molar-refractivity contribution is -0.964. The number of rotatable bonds is 6. The van der Waals surface area contributed by atoms with Gasteiger partial charge in [0.1, 0.15) is 19.1 Å². The van der Waals surface area contributed by atoms with Crippen LogP contribution in [0.4, 0.5) is 18.9 Å². The molecule has 1 heterocycles. The van der Waals surface area contributed by atoms with Crippen LogP contribution >= 0.6 is 0 Å². The van der Waals surface area contributed by atoms with Gasteiger partial charge in [-0.05, 0) is 24.3 Å². The van der Waals surface area contributed by atoms with E-state index in [0.717, 1.165) is 42.6 Å². The van der Waals surface area contributed by atoms with E-state index in [1.807, 2.05) is 0 Å². The Hall–Kier alpha value is -2.45. The highest BCUT2D eigenvalue weighted by atomic mass is 19.4. The summed E-state index contributed by atoms with van der Waals surface area (Å²) in [5.41, 5.74) is 1.00. The second kappa shape index (κ2) is 7.89. The van der Waals surface area contributed by atoms with Gasteiger partial charge in [0.25, 0.3) is 5.69 Å². The molecule has 2 aromatic carbocycles. The summed E-state index contributed by atoms with van der Waals surface area (Å²) < 4.78 is 39.0. The average molecular weight is 395 g/mol. The highest BCUT2D eigenvalue weighted by molar-refractivity contribution is 5.32. The number of quaternary nitrogens is 1. The van der Waals surface area contributed by atoms with Gasteiger partial charge >= 0.3 is 6.18 Å². The van der Waals surface area contributed by atoms with Gasteiger partial charge in [0.15, 0.2) is 0 Å². The molecule has 0 spiro atoms. The Kier molecular flexibility index (Phi) is 5.71. The van der Waals surface area contributed by atoms with Gasteiger partial charge < -0.3 is 9.59 Å². The second-order valence-electron chi connectivity index (χ2n) is 7.36. The minimum absolute atomic E-state index is 0.00633. The fourth-order valence-corrected chi connectivity index (χ4v) is 4.08. The number of aliphatic hydroxyl groups excluding tert-OH is 1. The van der Waals surface area contributed by atoms with Gasteiger partial charge in [-0.25, -0.2) is 0 Å². The average Bonchev–Trinajstić information content (AvgIpc) is 3.04. The summed E-state index contributed by atoms with van der Waals surface area (Å²) in [6.07, 6.45) is -2.62. The van der Waals surface area contributed by atoms with Crippen LogP contribution in [-0.4, -0.2) is 33.7 Å². The second-order valence-corrected chi connectivity index (χ2v) is 7.36. The molecule has 1 N–H and O–H groups in total. The Labute approximate surface area is 160 Å². The molecule has 28 heavy (non-hydrogen) atoms. The zero-order valence-electron chi connectivity index (χ0n) is 15.2. The molecular weight excluding hydrogens is 373 g/mol. The van der Waals surface area contributed by atoms with E-state index in [9.17, 15) is 28.4 Å². The largest absolute Gasteiger partial charge is 0.416 e. The summed E-state index contributed by atoms with van der Waals surface area (Å²) in [6.45, 7) is 1.85. The van der Waals surface area contributed by atoms with E-state index in [0.29, 0.717) is 17.6 Å². The number of likely N-dealkylation sites (tertiary alicyclic amines) is 1. The van der Waals surface area contributed by atoms with Crippen LogP contribution in [0.15, 0.2) is 48.5 Å². The number of nitro benzene ring substituents is 1. The predicted octanol–water partition coefficient (Wildman–Crippen LogP) is 4.29. The molecule has 0 saturated carbocycles. The summed E-state index contributed by atoms with van der Waals surface area (Å²) in [5.74, 6) is 0. The van der Waals surface area contributed by atoms with Crippen molar-refractivity contribution in [3.05, 3.63) is 75.3 Å². The molecule has 1 aliphatic rings. The molecule has 2 atom stereocenters. The molecule has 1 saturated heterocycles. The lowest BCUT2D eigenvalue weighted by Gasteiger charge is -2.40. The molecule has 5 nitrogen and oxygen atoms in total. The van der Waals surface area contributed by atoms with Gasteiger partial charge in [-0.1, -0.05) is 12.1 Å². The zero-order valence-corrected chi connectivity index (χ0v) is 15.2. The first-order chi connectivity index (χ1) is 13.2. The number of non-ortho nitro benzene ring substituents is 1. The number of hydrogen-bond donors (Lipinski definition) is 1. The Balaban J connectivity index is 1.85. The summed E-state index contributed by atoms with van der Waals surface area (Å²) >= 11 is 0. The molecule has 8 heteroatoms. The van der Waals surface area contributed by atoms with Gasteiger partial charge in [-0.3, -0.25) is 10.1 Å². The highest BCUT2D eigenvalue weighted by Crippen LogP contribution is 2.34. The third-order valence-corrected chi connectivity index (χ3v) is 5.55. The van der Waals surface area contributed by atoms with Crippen molar-refractivity contribution in [3.8, 4) is 0 Å². The first-order valence-electron chi connectivity index (χ1n) is 9.10. The maximum absolute atomic E-state index is 12.8. The molecular formula is C20H22F3N2O3+. The third-order valence-electron chi connectivity index (χ3n) is 5.55. The molecule has 3 rings (SSSR count). The smallest absolute Gasteiger partial charge is 0.390 e. The van der Waals surface area contributed by atoms with E-state index in [-0.39, 0.29) is 18.3 Å². The van der Waals surface area contributed by atoms with Crippen LogP contribution in [0.3, 0.4) is 0 Å².